The normalized spacial score (nSPS) is 14.1. The number of nitrogens with one attached hydrogen (secondary N) is 1. The number of nitrogens with two attached hydrogens (primary N) is 1. The zero-order chi connectivity index (χ0) is 14.0. The van der Waals surface area contributed by atoms with Crippen molar-refractivity contribution in [1.29, 1.82) is 0 Å². The highest BCUT2D eigenvalue weighted by atomic mass is 32.2. The van der Waals surface area contributed by atoms with Gasteiger partial charge in [-0.2, -0.15) is 0 Å². The molecule has 0 amide bonds. The Hall–Kier alpha value is -0.930. The van der Waals surface area contributed by atoms with Crippen molar-refractivity contribution in [3.8, 4) is 0 Å². The van der Waals surface area contributed by atoms with Gasteiger partial charge in [0.05, 0.1) is 0 Å². The van der Waals surface area contributed by atoms with Crippen molar-refractivity contribution in [3.63, 3.8) is 0 Å². The van der Waals surface area contributed by atoms with E-state index in [1.807, 2.05) is 13.0 Å². The molecule has 0 aromatic carbocycles. The minimum absolute atomic E-state index is 0.0111. The summed E-state index contributed by atoms with van der Waals surface area (Å²) in [4.78, 5) is 1.70. The zero-order valence-electron chi connectivity index (χ0n) is 10.7. The first kappa shape index (κ1) is 14.5. The van der Waals surface area contributed by atoms with Crippen LogP contribution >= 0.6 is 11.3 Å². The van der Waals surface area contributed by atoms with E-state index in [1.165, 1.54) is 17.4 Å². The second-order valence-electron chi connectivity index (χ2n) is 4.15. The van der Waals surface area contributed by atoms with Crippen LogP contribution in [0.4, 0.5) is 0 Å². The van der Waals surface area contributed by atoms with E-state index in [2.05, 4.69) is 5.32 Å². The molecule has 0 fully saturated rings. The van der Waals surface area contributed by atoms with E-state index in [0.717, 1.165) is 23.2 Å². The maximum absolute atomic E-state index is 11.1. The first-order valence-corrected chi connectivity index (χ1v) is 8.07. The van der Waals surface area contributed by atoms with Crippen LogP contribution in [-0.4, -0.2) is 28.3 Å². The van der Waals surface area contributed by atoms with Crippen LogP contribution in [0.2, 0.25) is 0 Å². The number of methoxy groups -OCH3 is 1. The molecule has 2 aromatic rings. The molecule has 6 nitrogen and oxygen atoms in total. The average molecular weight is 304 g/mol. The van der Waals surface area contributed by atoms with Crippen molar-refractivity contribution >= 4 is 31.6 Å². The van der Waals surface area contributed by atoms with Gasteiger partial charge < -0.3 is 9.15 Å². The Kier molecular flexibility index (Phi) is 4.26. The molecule has 0 saturated heterocycles. The summed E-state index contributed by atoms with van der Waals surface area (Å²) in [6, 6.07) is 3.37. The van der Waals surface area contributed by atoms with Crippen molar-refractivity contribution in [2.75, 3.05) is 13.7 Å². The zero-order valence-corrected chi connectivity index (χ0v) is 12.3. The molecule has 0 radical (unpaired) electrons. The second-order valence-corrected chi connectivity index (χ2v) is 6.74. The molecule has 2 aromatic heterocycles. The minimum Gasteiger partial charge on any atom is -0.433 e. The van der Waals surface area contributed by atoms with Gasteiger partial charge in [0.25, 0.3) is 10.0 Å². The molecule has 2 rings (SSSR count). The Bertz CT molecular complexity index is 628. The van der Waals surface area contributed by atoms with Gasteiger partial charge >= 0.3 is 0 Å². The van der Waals surface area contributed by atoms with Gasteiger partial charge in [-0.3, -0.25) is 5.32 Å². The van der Waals surface area contributed by atoms with Gasteiger partial charge in [-0.1, -0.05) is 0 Å². The van der Waals surface area contributed by atoms with Gasteiger partial charge in [0.15, 0.2) is 4.90 Å². The highest BCUT2D eigenvalue weighted by molar-refractivity contribution is 7.89. The number of furan rings is 1. The van der Waals surface area contributed by atoms with E-state index in [1.54, 1.807) is 7.11 Å². The van der Waals surface area contributed by atoms with Crippen LogP contribution in [-0.2, 0) is 21.2 Å². The van der Waals surface area contributed by atoms with Crippen molar-refractivity contribution in [2.45, 2.75) is 24.7 Å². The first-order valence-electron chi connectivity index (χ1n) is 5.71. The van der Waals surface area contributed by atoms with E-state index < -0.39 is 10.0 Å². The van der Waals surface area contributed by atoms with Crippen molar-refractivity contribution in [3.05, 3.63) is 17.0 Å². The van der Waals surface area contributed by atoms with E-state index in [4.69, 9.17) is 14.3 Å². The summed E-state index contributed by atoms with van der Waals surface area (Å²) in [5, 5.41) is 8.78. The monoisotopic (exact) mass is 304 g/mol. The third kappa shape index (κ3) is 3.54. The fraction of sp³-hybridized carbons (Fsp3) is 0.455. The number of ether oxygens (including phenoxy) is 1. The summed E-state index contributed by atoms with van der Waals surface area (Å²) in [5.74, 6) is 0. The fourth-order valence-corrected chi connectivity index (χ4v) is 3.15. The summed E-state index contributed by atoms with van der Waals surface area (Å²) >= 11 is 1.43. The molecule has 19 heavy (non-hydrogen) atoms. The predicted molar refractivity (Wildman–Crippen MR) is 73.6 cm³/mol. The Morgan fingerprint density at radius 1 is 1.53 bits per heavy atom. The minimum atomic E-state index is -3.77. The molecule has 0 bridgehead atoms. The maximum Gasteiger partial charge on any atom is 0.271 e. The molecule has 1 atom stereocenters. The predicted octanol–water partition coefficient (Wildman–Crippen LogP) is 1.27. The molecular formula is C11H16N2O4S2. The number of primary sulfonamides is 1. The van der Waals surface area contributed by atoms with Gasteiger partial charge in [-0.05, 0) is 19.4 Å². The van der Waals surface area contributed by atoms with Crippen molar-refractivity contribution in [2.24, 2.45) is 5.14 Å². The van der Waals surface area contributed by atoms with Gasteiger partial charge in [0.2, 0.25) is 5.09 Å². The lowest BCUT2D eigenvalue weighted by atomic mass is 10.3. The van der Waals surface area contributed by atoms with Crippen LogP contribution in [0.15, 0.2) is 21.6 Å². The van der Waals surface area contributed by atoms with Crippen LogP contribution in [0, 0.1) is 0 Å². The summed E-state index contributed by atoms with van der Waals surface area (Å²) in [6.07, 6.45) is 0.838. The van der Waals surface area contributed by atoms with Gasteiger partial charge in [-0.15, -0.1) is 11.3 Å². The summed E-state index contributed by atoms with van der Waals surface area (Å²) in [5.41, 5.74) is 0. The third-order valence-corrected chi connectivity index (χ3v) is 4.53. The fourth-order valence-electron chi connectivity index (χ4n) is 1.61. The number of sulfonamides is 1. The number of thiophene rings is 1. The van der Waals surface area contributed by atoms with Gasteiger partial charge in [-0.25, -0.2) is 13.6 Å². The Morgan fingerprint density at radius 2 is 2.26 bits per heavy atom. The Morgan fingerprint density at radius 3 is 2.84 bits per heavy atom. The number of rotatable bonds is 6. The lowest BCUT2D eigenvalue weighted by Crippen LogP contribution is -2.29. The highest BCUT2D eigenvalue weighted by Crippen LogP contribution is 2.30. The molecule has 2 heterocycles. The Labute approximate surface area is 115 Å². The number of hydrogen-bond acceptors (Lipinski definition) is 6. The molecule has 0 aliphatic carbocycles. The van der Waals surface area contributed by atoms with Crippen molar-refractivity contribution in [1.82, 2.24) is 5.32 Å². The average Bonchev–Trinajstić information content (AvgIpc) is 2.85. The van der Waals surface area contributed by atoms with Crippen molar-refractivity contribution < 1.29 is 17.6 Å². The van der Waals surface area contributed by atoms with E-state index in [0.29, 0.717) is 4.90 Å². The summed E-state index contributed by atoms with van der Waals surface area (Å²) in [6.45, 7) is 2.71. The molecule has 0 spiro atoms. The van der Waals surface area contributed by atoms with Gasteiger partial charge in [0, 0.05) is 30.0 Å². The first-order chi connectivity index (χ1) is 8.90. The van der Waals surface area contributed by atoms with Crippen LogP contribution in [0.25, 0.3) is 10.3 Å². The SMILES string of the molecule is COC(C)NCCc1cc2cc(S(N)(=O)=O)oc2s1. The Balaban J connectivity index is 2.05. The largest absolute Gasteiger partial charge is 0.433 e. The molecule has 0 aliphatic rings. The topological polar surface area (TPSA) is 94.6 Å². The lowest BCUT2D eigenvalue weighted by molar-refractivity contribution is 0.0901. The van der Waals surface area contributed by atoms with E-state index in [-0.39, 0.29) is 11.3 Å². The molecule has 0 aliphatic heterocycles. The van der Waals surface area contributed by atoms with Crippen LogP contribution in [0.1, 0.15) is 11.8 Å². The third-order valence-electron chi connectivity index (χ3n) is 2.68. The maximum atomic E-state index is 11.1. The quantitative estimate of drug-likeness (QED) is 0.784. The van der Waals surface area contributed by atoms with Crippen LogP contribution in [0.3, 0.4) is 0 Å². The molecule has 106 valence electrons. The van der Waals surface area contributed by atoms with E-state index >= 15 is 0 Å². The van der Waals surface area contributed by atoms with Gasteiger partial charge in [0.1, 0.15) is 6.23 Å². The standard InChI is InChI=1S/C11H16N2O4S2/c1-7(16-2)13-4-3-9-5-8-6-10(19(12,14)15)17-11(8)18-9/h5-7,13H,3-4H2,1-2H3,(H2,12,14,15). The highest BCUT2D eigenvalue weighted by Gasteiger charge is 2.16. The van der Waals surface area contributed by atoms with E-state index in [9.17, 15) is 8.42 Å². The van der Waals surface area contributed by atoms with Crippen LogP contribution in [0.5, 0.6) is 0 Å². The lowest BCUT2D eigenvalue weighted by Gasteiger charge is -2.10. The molecule has 8 heteroatoms. The molecule has 1 unspecified atom stereocenters. The summed E-state index contributed by atoms with van der Waals surface area (Å²) < 4.78 is 32.6. The number of fused-ring (bicyclic) bond motifs is 1. The molecule has 3 N–H and O–H groups in total. The number of hydrogen-bond donors (Lipinski definition) is 2. The smallest absolute Gasteiger partial charge is 0.271 e. The molecular weight excluding hydrogens is 288 g/mol. The second kappa shape index (κ2) is 5.59. The molecule has 0 saturated carbocycles. The summed E-state index contributed by atoms with van der Waals surface area (Å²) in [7, 11) is -2.12. The van der Waals surface area contributed by atoms with Crippen LogP contribution < -0.4 is 10.5 Å².